The zero-order chi connectivity index (χ0) is 21.7. The number of aromatic nitrogens is 1. The second-order valence-corrected chi connectivity index (χ2v) is 6.47. The fourth-order valence-electron chi connectivity index (χ4n) is 3.09. The van der Waals surface area contributed by atoms with Crippen LogP contribution in [0.3, 0.4) is 0 Å². The number of nitrogens with two attached hydrogens (primary N) is 3. The van der Waals surface area contributed by atoms with E-state index < -0.39 is 18.0 Å². The number of benzene rings is 1. The van der Waals surface area contributed by atoms with Crippen molar-refractivity contribution >= 4 is 17.6 Å². The number of rotatable bonds is 6. The summed E-state index contributed by atoms with van der Waals surface area (Å²) in [6.07, 6.45) is 3.24. The molecule has 158 valence electrons. The molecule has 0 radical (unpaired) electrons. The first-order valence-electron chi connectivity index (χ1n) is 9.04. The molecule has 11 heteroatoms. The van der Waals surface area contributed by atoms with E-state index in [1.165, 1.54) is 34.6 Å². The van der Waals surface area contributed by atoms with Gasteiger partial charge in [0.2, 0.25) is 0 Å². The molecule has 1 aromatic carbocycles. The zero-order valence-electron chi connectivity index (χ0n) is 16.3. The van der Waals surface area contributed by atoms with Crippen LogP contribution in [0.5, 0.6) is 0 Å². The lowest BCUT2D eigenvalue weighted by molar-refractivity contribution is 0.122. The van der Waals surface area contributed by atoms with Crippen LogP contribution in [-0.2, 0) is 4.74 Å². The lowest BCUT2D eigenvalue weighted by Crippen LogP contribution is -2.36. The van der Waals surface area contributed by atoms with E-state index in [4.69, 9.17) is 22.2 Å². The Kier molecular flexibility index (Phi) is 6.45. The van der Waals surface area contributed by atoms with Crippen LogP contribution < -0.4 is 27.7 Å². The first-order valence-corrected chi connectivity index (χ1v) is 9.04. The third-order valence-electron chi connectivity index (χ3n) is 4.51. The number of amidine groups is 1. The Morgan fingerprint density at radius 3 is 2.87 bits per heavy atom. The molecule has 7 N–H and O–H groups in total. The highest BCUT2D eigenvalue weighted by atomic mass is 19.1. The maximum atomic E-state index is 14.8. The molecule has 1 saturated heterocycles. The van der Waals surface area contributed by atoms with Gasteiger partial charge >= 0.3 is 6.09 Å². The minimum Gasteiger partial charge on any atom is -0.442 e. The number of halogens is 1. The largest absolute Gasteiger partial charge is 0.442 e. The molecular formula is C19H23FN8O2. The third kappa shape index (κ3) is 4.47. The second kappa shape index (κ2) is 9.20. The van der Waals surface area contributed by atoms with Crippen LogP contribution in [0.15, 0.2) is 53.9 Å². The summed E-state index contributed by atoms with van der Waals surface area (Å²) in [6, 6.07) is 7.92. The topological polar surface area (TPSA) is 148 Å². The van der Waals surface area contributed by atoms with Crippen molar-refractivity contribution in [3.63, 3.8) is 0 Å². The Hall–Kier alpha value is -3.70. The summed E-state index contributed by atoms with van der Waals surface area (Å²) < 4.78 is 20.1. The van der Waals surface area contributed by atoms with Crippen LogP contribution >= 0.6 is 0 Å². The Morgan fingerprint density at radius 1 is 1.47 bits per heavy atom. The predicted octanol–water partition coefficient (Wildman–Crippen LogP) is 0.658. The molecule has 2 aromatic rings. The van der Waals surface area contributed by atoms with E-state index in [0.717, 1.165) is 0 Å². The molecular weight excluding hydrogens is 391 g/mol. The zero-order valence-corrected chi connectivity index (χ0v) is 16.3. The molecule has 1 amide bonds. The number of hydrogen-bond acceptors (Lipinski definition) is 8. The van der Waals surface area contributed by atoms with Crippen LogP contribution in [0.1, 0.15) is 5.69 Å². The van der Waals surface area contributed by atoms with Gasteiger partial charge in [0.05, 0.1) is 18.8 Å². The van der Waals surface area contributed by atoms with Crippen LogP contribution in [0, 0.1) is 5.82 Å². The monoisotopic (exact) mass is 414 g/mol. The Labute approximate surface area is 172 Å². The van der Waals surface area contributed by atoms with E-state index in [1.54, 1.807) is 31.3 Å². The van der Waals surface area contributed by atoms with Crippen molar-refractivity contribution in [1.29, 1.82) is 0 Å². The van der Waals surface area contributed by atoms with E-state index >= 15 is 0 Å². The second-order valence-electron chi connectivity index (χ2n) is 6.47. The lowest BCUT2D eigenvalue weighted by Gasteiger charge is -2.17. The van der Waals surface area contributed by atoms with Gasteiger partial charge in [-0.25, -0.2) is 20.9 Å². The molecule has 1 aliphatic heterocycles. The number of anilines is 1. The van der Waals surface area contributed by atoms with Crippen LogP contribution in [-0.4, -0.2) is 48.2 Å². The number of aliphatic imine (C=N–C) groups is 1. The summed E-state index contributed by atoms with van der Waals surface area (Å²) in [5.74, 6) is 11.0. The molecule has 1 aromatic heterocycles. The van der Waals surface area contributed by atoms with Crippen molar-refractivity contribution < 1.29 is 13.9 Å². The average Bonchev–Trinajstić information content (AvgIpc) is 3.09. The van der Waals surface area contributed by atoms with Gasteiger partial charge < -0.3 is 20.9 Å². The van der Waals surface area contributed by atoms with Gasteiger partial charge in [-0.3, -0.25) is 14.9 Å². The number of carbonyl (C=O) groups is 1. The van der Waals surface area contributed by atoms with Gasteiger partial charge in [0.25, 0.3) is 0 Å². The van der Waals surface area contributed by atoms with Gasteiger partial charge in [0, 0.05) is 36.8 Å². The fourth-order valence-corrected chi connectivity index (χ4v) is 3.09. The molecule has 0 aliphatic carbocycles. The average molecular weight is 414 g/mol. The maximum absolute atomic E-state index is 14.8. The third-order valence-corrected chi connectivity index (χ3v) is 4.51. The number of carbonyl (C=O) groups excluding carboxylic acids is 1. The molecule has 1 unspecified atom stereocenters. The first kappa shape index (κ1) is 21.0. The molecule has 0 bridgehead atoms. The quantitative estimate of drug-likeness (QED) is 0.233. The molecule has 0 spiro atoms. The summed E-state index contributed by atoms with van der Waals surface area (Å²) in [5, 5.41) is 1.32. The summed E-state index contributed by atoms with van der Waals surface area (Å²) >= 11 is 0. The number of ether oxygens (including phenoxy) is 1. The van der Waals surface area contributed by atoms with Gasteiger partial charge in [-0.1, -0.05) is 6.07 Å². The van der Waals surface area contributed by atoms with E-state index in [9.17, 15) is 9.18 Å². The smallest absolute Gasteiger partial charge is 0.414 e. The van der Waals surface area contributed by atoms with Crippen molar-refractivity contribution in [2.75, 3.05) is 25.0 Å². The van der Waals surface area contributed by atoms with Crippen LogP contribution in [0.25, 0.3) is 11.1 Å². The Bertz CT molecular complexity index is 964. The number of nitrogens with one attached hydrogen (secondary N) is 1. The van der Waals surface area contributed by atoms with Crippen molar-refractivity contribution in [3.8, 4) is 11.1 Å². The summed E-state index contributed by atoms with van der Waals surface area (Å²) in [6.45, 7) is 0.500. The van der Waals surface area contributed by atoms with E-state index in [1.807, 2.05) is 0 Å². The normalized spacial score (nSPS) is 16.8. The van der Waals surface area contributed by atoms with Gasteiger partial charge in [0.15, 0.2) is 5.84 Å². The molecule has 2 heterocycles. The number of cyclic esters (lactones) is 1. The molecule has 30 heavy (non-hydrogen) atoms. The Balaban J connectivity index is 1.76. The molecule has 1 aliphatic rings. The fraction of sp³-hybridized carbons (Fsp3) is 0.211. The summed E-state index contributed by atoms with van der Waals surface area (Å²) in [7, 11) is 1.58. The highest BCUT2D eigenvalue weighted by Crippen LogP contribution is 2.29. The number of pyridine rings is 1. The maximum Gasteiger partial charge on any atom is 0.414 e. The molecule has 1 atom stereocenters. The predicted molar refractivity (Wildman–Crippen MR) is 111 cm³/mol. The molecule has 3 rings (SSSR count). The number of amides is 1. The van der Waals surface area contributed by atoms with Gasteiger partial charge in [-0.05, 0) is 24.3 Å². The number of hydrazine groups is 2. The lowest BCUT2D eigenvalue weighted by atomic mass is 10.1. The number of nitrogens with zero attached hydrogens (tertiary/aromatic N) is 4. The minimum atomic E-state index is -0.566. The van der Waals surface area contributed by atoms with Crippen molar-refractivity contribution in [1.82, 2.24) is 15.4 Å². The highest BCUT2D eigenvalue weighted by Gasteiger charge is 2.33. The van der Waals surface area contributed by atoms with E-state index in [2.05, 4.69) is 15.4 Å². The summed E-state index contributed by atoms with van der Waals surface area (Å²) in [4.78, 5) is 21.8. The van der Waals surface area contributed by atoms with Crippen molar-refractivity contribution in [2.45, 2.75) is 6.10 Å². The SMILES string of the molecule is CN=C(NN)c1ccc(-c2ccc(N3CC(CN(N)/C=C\N)OC3=O)cc2F)cn1. The van der Waals surface area contributed by atoms with Crippen LogP contribution in [0.4, 0.5) is 14.9 Å². The van der Waals surface area contributed by atoms with E-state index in [0.29, 0.717) is 28.3 Å². The van der Waals surface area contributed by atoms with Crippen LogP contribution in [0.2, 0.25) is 0 Å². The summed E-state index contributed by atoms with van der Waals surface area (Å²) in [5.41, 5.74) is 9.57. The standard InChI is InChI=1S/C19H23FN8O2/c1-24-18(26-22)17-5-2-12(9-25-17)15-4-3-13(8-16(15)20)28-11-14(30-19(28)29)10-27(23)7-6-21/h2-9,14H,10-11,21-23H2,1H3,(H,24,26)/b7-6-. The van der Waals surface area contributed by atoms with Gasteiger partial charge in [-0.15, -0.1) is 0 Å². The van der Waals surface area contributed by atoms with Crippen molar-refractivity contribution in [3.05, 3.63) is 60.4 Å². The van der Waals surface area contributed by atoms with Crippen molar-refractivity contribution in [2.24, 2.45) is 22.4 Å². The molecule has 1 fully saturated rings. The Morgan fingerprint density at radius 2 is 2.27 bits per heavy atom. The highest BCUT2D eigenvalue weighted by molar-refractivity contribution is 5.96. The van der Waals surface area contributed by atoms with E-state index in [-0.39, 0.29) is 13.1 Å². The van der Waals surface area contributed by atoms with Gasteiger partial charge in [0.1, 0.15) is 17.6 Å². The first-order chi connectivity index (χ1) is 14.5. The number of hydrogen-bond donors (Lipinski definition) is 4. The molecule has 0 saturated carbocycles. The van der Waals surface area contributed by atoms with Gasteiger partial charge in [-0.2, -0.15) is 0 Å². The molecule has 10 nitrogen and oxygen atoms in total. The minimum absolute atomic E-state index is 0.241.